The number of rotatable bonds is 9. The van der Waals surface area contributed by atoms with E-state index in [0.29, 0.717) is 0 Å². The minimum Gasteiger partial charge on any atom is -0.394 e. The molecule has 5 aliphatic heterocycles. The smallest absolute Gasteiger partial charge is 0.187 e. The van der Waals surface area contributed by atoms with Gasteiger partial charge in [-0.15, -0.1) is 0 Å². The molecule has 5 rings (SSSR count). The van der Waals surface area contributed by atoms with E-state index in [9.17, 15) is 66.4 Å². The summed E-state index contributed by atoms with van der Waals surface area (Å²) in [6.07, 6.45) is -37.9. The van der Waals surface area contributed by atoms with Gasteiger partial charge in [-0.1, -0.05) is 0 Å². The highest BCUT2D eigenvalue weighted by molar-refractivity contribution is 4.96. The standard InChI is InChI=1S/C28H48O22/c1-6-11(31)16(36)18(38)25(44-6)49-22-13(33)8(30)4-42-27(22)47-10-5-43-28(48-21-14(34)9(3-29)46-24(41)20(21)40)23(15(10)35)50-26-19(39)17(37)12(32)7(2)45-26/h6-41H,3-5H2,1-2H3/t6-,7-,8-,9-,10-,11+,12-,13+,14-,15+,16+,17+,18-,19-,20-,21-,22-,23-,24-,25+,26+,27+,28+/m1/s1. The second-order valence-electron chi connectivity index (χ2n) is 13.0. The molecule has 0 aliphatic carbocycles. The van der Waals surface area contributed by atoms with Crippen LogP contribution in [0.2, 0.25) is 0 Å². The molecule has 0 radical (unpaired) electrons. The quantitative estimate of drug-likeness (QED) is 0.104. The third-order valence-corrected chi connectivity index (χ3v) is 9.48. The molecule has 5 heterocycles. The summed E-state index contributed by atoms with van der Waals surface area (Å²) in [5.41, 5.74) is 0. The minimum absolute atomic E-state index is 0.499. The van der Waals surface area contributed by atoms with Gasteiger partial charge in [0.1, 0.15) is 97.7 Å². The zero-order valence-electron chi connectivity index (χ0n) is 26.9. The molecule has 5 fully saturated rings. The summed E-state index contributed by atoms with van der Waals surface area (Å²) >= 11 is 0. The average Bonchev–Trinajstić information content (AvgIpc) is 3.09. The Balaban J connectivity index is 1.36. The van der Waals surface area contributed by atoms with Crippen molar-refractivity contribution in [3.05, 3.63) is 0 Å². The lowest BCUT2D eigenvalue weighted by Crippen LogP contribution is -2.66. The van der Waals surface area contributed by atoms with Gasteiger partial charge >= 0.3 is 0 Å². The molecule has 50 heavy (non-hydrogen) atoms. The maximum atomic E-state index is 11.6. The molecule has 23 atom stereocenters. The molecule has 13 N–H and O–H groups in total. The van der Waals surface area contributed by atoms with Crippen LogP contribution >= 0.6 is 0 Å². The van der Waals surface area contributed by atoms with Crippen LogP contribution in [0.5, 0.6) is 0 Å². The van der Waals surface area contributed by atoms with Gasteiger partial charge in [0.05, 0.1) is 32.0 Å². The average molecular weight is 737 g/mol. The van der Waals surface area contributed by atoms with Gasteiger partial charge in [-0.05, 0) is 13.8 Å². The normalized spacial score (nSPS) is 55.1. The molecule has 0 unspecified atom stereocenters. The van der Waals surface area contributed by atoms with Crippen molar-refractivity contribution in [3.8, 4) is 0 Å². The number of ether oxygens (including phenoxy) is 9. The van der Waals surface area contributed by atoms with Gasteiger partial charge in [0.25, 0.3) is 0 Å². The van der Waals surface area contributed by atoms with E-state index in [4.69, 9.17) is 42.6 Å². The van der Waals surface area contributed by atoms with Crippen LogP contribution < -0.4 is 0 Å². The first-order chi connectivity index (χ1) is 23.5. The molecular formula is C28H48O22. The van der Waals surface area contributed by atoms with E-state index >= 15 is 0 Å². The molecule has 0 aromatic heterocycles. The van der Waals surface area contributed by atoms with Crippen LogP contribution in [0.25, 0.3) is 0 Å². The lowest BCUT2D eigenvalue weighted by Gasteiger charge is -2.48. The predicted octanol–water partition coefficient (Wildman–Crippen LogP) is -8.59. The lowest BCUT2D eigenvalue weighted by molar-refractivity contribution is -0.392. The van der Waals surface area contributed by atoms with Crippen molar-refractivity contribution in [3.63, 3.8) is 0 Å². The largest absolute Gasteiger partial charge is 0.394 e. The van der Waals surface area contributed by atoms with Gasteiger partial charge in [0, 0.05) is 0 Å². The van der Waals surface area contributed by atoms with E-state index in [1.165, 1.54) is 13.8 Å². The highest BCUT2D eigenvalue weighted by Crippen LogP contribution is 2.34. The second kappa shape index (κ2) is 16.6. The highest BCUT2D eigenvalue weighted by atomic mass is 16.8. The Morgan fingerprint density at radius 2 is 0.940 bits per heavy atom. The zero-order chi connectivity index (χ0) is 36.8. The van der Waals surface area contributed by atoms with Crippen LogP contribution in [0.15, 0.2) is 0 Å². The van der Waals surface area contributed by atoms with Crippen molar-refractivity contribution in [1.82, 2.24) is 0 Å². The van der Waals surface area contributed by atoms with Crippen LogP contribution in [0.3, 0.4) is 0 Å². The topological polar surface area (TPSA) is 346 Å². The SMILES string of the molecule is C[C@H]1O[C@@H](O[C@H]2[C@H](O[C@@H]3CO[C@@H](O[C@H]4[C@@H](O)[C@H](O)O[C@H](CO)[C@H]4O)[C@H](O[C@@H]4O[C@H](C)[C@@H](O)[C@H](O)[C@H]4O)[C@H]3O)OC[C@@H](O)[C@@H]2O)[C@H](O)[C@@H](O)[C@H]1O. The van der Waals surface area contributed by atoms with Crippen LogP contribution in [0.1, 0.15) is 13.8 Å². The first kappa shape index (κ1) is 40.3. The van der Waals surface area contributed by atoms with E-state index in [0.717, 1.165) is 0 Å². The molecule has 22 nitrogen and oxygen atoms in total. The van der Waals surface area contributed by atoms with Crippen LogP contribution in [0.4, 0.5) is 0 Å². The van der Waals surface area contributed by atoms with Crippen molar-refractivity contribution in [2.24, 2.45) is 0 Å². The maximum absolute atomic E-state index is 11.6. The summed E-state index contributed by atoms with van der Waals surface area (Å²) in [5, 5.41) is 135. The Labute approximate surface area is 284 Å². The minimum atomic E-state index is -1.92. The number of hydrogen-bond donors (Lipinski definition) is 13. The summed E-state index contributed by atoms with van der Waals surface area (Å²) in [6.45, 7) is 0.886. The number of aliphatic hydroxyl groups excluding tert-OH is 13. The molecule has 0 aromatic carbocycles. The first-order valence-electron chi connectivity index (χ1n) is 16.1. The molecule has 5 saturated heterocycles. The fourth-order valence-corrected chi connectivity index (χ4v) is 6.28. The molecule has 0 aromatic rings. The van der Waals surface area contributed by atoms with Gasteiger partial charge in [-0.25, -0.2) is 0 Å². The molecule has 0 bridgehead atoms. The van der Waals surface area contributed by atoms with Crippen molar-refractivity contribution in [2.45, 2.75) is 155 Å². The predicted molar refractivity (Wildman–Crippen MR) is 152 cm³/mol. The van der Waals surface area contributed by atoms with E-state index in [1.54, 1.807) is 0 Å². The van der Waals surface area contributed by atoms with Gasteiger partial charge in [0.15, 0.2) is 31.5 Å². The Morgan fingerprint density at radius 1 is 0.460 bits per heavy atom. The molecular weight excluding hydrogens is 688 g/mol. The molecule has 0 amide bonds. The van der Waals surface area contributed by atoms with Crippen molar-refractivity contribution in [1.29, 1.82) is 0 Å². The Morgan fingerprint density at radius 3 is 1.48 bits per heavy atom. The molecule has 292 valence electrons. The lowest BCUT2D eigenvalue weighted by atomic mass is 9.97. The monoisotopic (exact) mass is 736 g/mol. The van der Waals surface area contributed by atoms with Gasteiger partial charge in [-0.2, -0.15) is 0 Å². The second-order valence-corrected chi connectivity index (χ2v) is 13.0. The third kappa shape index (κ3) is 8.12. The fourth-order valence-electron chi connectivity index (χ4n) is 6.28. The summed E-state index contributed by atoms with van der Waals surface area (Å²) in [5.74, 6) is 0. The van der Waals surface area contributed by atoms with Crippen LogP contribution in [-0.2, 0) is 42.6 Å². The Kier molecular flexibility index (Phi) is 13.4. The van der Waals surface area contributed by atoms with Crippen molar-refractivity contribution < 1.29 is 109 Å². The summed E-state index contributed by atoms with van der Waals surface area (Å²) in [6, 6.07) is 0. The first-order valence-corrected chi connectivity index (χ1v) is 16.1. The molecule has 0 spiro atoms. The highest BCUT2D eigenvalue weighted by Gasteiger charge is 2.54. The summed E-state index contributed by atoms with van der Waals surface area (Å²) < 4.78 is 50.3. The van der Waals surface area contributed by atoms with Gasteiger partial charge in [0.2, 0.25) is 0 Å². The van der Waals surface area contributed by atoms with Crippen molar-refractivity contribution in [2.75, 3.05) is 19.8 Å². The van der Waals surface area contributed by atoms with Gasteiger partial charge < -0.3 is 109 Å². The summed E-state index contributed by atoms with van der Waals surface area (Å²) in [7, 11) is 0. The van der Waals surface area contributed by atoms with Crippen LogP contribution in [-0.4, -0.2) is 228 Å². The molecule has 5 aliphatic rings. The van der Waals surface area contributed by atoms with Gasteiger partial charge in [-0.3, -0.25) is 0 Å². The summed E-state index contributed by atoms with van der Waals surface area (Å²) in [4.78, 5) is 0. The third-order valence-electron chi connectivity index (χ3n) is 9.48. The molecule has 22 heteroatoms. The number of aliphatic hydroxyl groups is 13. The Hall–Kier alpha value is -0.880. The molecule has 0 saturated carbocycles. The maximum Gasteiger partial charge on any atom is 0.187 e. The van der Waals surface area contributed by atoms with E-state index in [-0.39, 0.29) is 0 Å². The fraction of sp³-hybridized carbons (Fsp3) is 1.00. The Bertz CT molecular complexity index is 1080. The van der Waals surface area contributed by atoms with E-state index < -0.39 is 161 Å². The van der Waals surface area contributed by atoms with Crippen molar-refractivity contribution >= 4 is 0 Å². The van der Waals surface area contributed by atoms with Crippen LogP contribution in [0, 0.1) is 0 Å². The van der Waals surface area contributed by atoms with E-state index in [2.05, 4.69) is 0 Å². The van der Waals surface area contributed by atoms with E-state index in [1.807, 2.05) is 0 Å². The number of hydrogen-bond acceptors (Lipinski definition) is 22. The zero-order valence-corrected chi connectivity index (χ0v) is 26.9.